The number of hydrogen-bond acceptors (Lipinski definition) is 5. The van der Waals surface area contributed by atoms with Crippen LogP contribution in [0.3, 0.4) is 0 Å². The maximum absolute atomic E-state index is 4.60. The zero-order chi connectivity index (χ0) is 14.5. The molecule has 1 fully saturated rings. The fourth-order valence-corrected chi connectivity index (χ4v) is 3.99. The van der Waals surface area contributed by atoms with Crippen molar-refractivity contribution in [3.63, 3.8) is 0 Å². The number of aromatic nitrogens is 2. The molecule has 0 bridgehead atoms. The summed E-state index contributed by atoms with van der Waals surface area (Å²) in [5.41, 5.74) is 1.13. The van der Waals surface area contributed by atoms with Crippen molar-refractivity contribution in [3.05, 3.63) is 11.4 Å². The molecule has 2 unspecified atom stereocenters. The Morgan fingerprint density at radius 2 is 1.90 bits per heavy atom. The summed E-state index contributed by atoms with van der Waals surface area (Å²) in [4.78, 5) is 9.09. The molecule has 1 heterocycles. The van der Waals surface area contributed by atoms with Crippen molar-refractivity contribution < 1.29 is 0 Å². The third-order valence-corrected chi connectivity index (χ3v) is 5.08. The van der Waals surface area contributed by atoms with E-state index in [0.717, 1.165) is 34.8 Å². The van der Waals surface area contributed by atoms with Crippen molar-refractivity contribution in [2.75, 3.05) is 22.9 Å². The highest BCUT2D eigenvalue weighted by molar-refractivity contribution is 7.99. The first-order valence-electron chi connectivity index (χ1n) is 7.63. The van der Waals surface area contributed by atoms with Crippen LogP contribution in [0.5, 0.6) is 0 Å². The van der Waals surface area contributed by atoms with Crippen LogP contribution < -0.4 is 10.6 Å². The van der Waals surface area contributed by atoms with Crippen molar-refractivity contribution in [1.29, 1.82) is 0 Å². The van der Waals surface area contributed by atoms with E-state index in [4.69, 9.17) is 0 Å². The molecule has 2 rings (SSSR count). The summed E-state index contributed by atoms with van der Waals surface area (Å²) in [6, 6.07) is 0.544. The first-order valence-corrected chi connectivity index (χ1v) is 8.67. The molecule has 5 heteroatoms. The number of rotatable bonds is 6. The summed E-state index contributed by atoms with van der Waals surface area (Å²) in [6.45, 7) is 9.27. The Kier molecular flexibility index (Phi) is 5.52. The van der Waals surface area contributed by atoms with Gasteiger partial charge in [-0.15, -0.1) is 0 Å². The number of nitrogens with one attached hydrogen (secondary N) is 2. The van der Waals surface area contributed by atoms with Crippen LogP contribution in [0.1, 0.15) is 44.5 Å². The van der Waals surface area contributed by atoms with E-state index in [9.17, 15) is 0 Å². The summed E-state index contributed by atoms with van der Waals surface area (Å²) >= 11 is 2.07. The predicted molar refractivity (Wildman–Crippen MR) is 88.9 cm³/mol. The summed E-state index contributed by atoms with van der Waals surface area (Å²) in [7, 11) is 0. The van der Waals surface area contributed by atoms with E-state index in [-0.39, 0.29) is 0 Å². The van der Waals surface area contributed by atoms with Crippen LogP contribution in [0, 0.1) is 13.8 Å². The van der Waals surface area contributed by atoms with Gasteiger partial charge in [-0.3, -0.25) is 0 Å². The fraction of sp³-hybridized carbons (Fsp3) is 0.733. The molecule has 4 nitrogen and oxygen atoms in total. The molecule has 0 amide bonds. The molecule has 2 N–H and O–H groups in total. The highest BCUT2D eigenvalue weighted by Gasteiger charge is 2.28. The van der Waals surface area contributed by atoms with Gasteiger partial charge in [0.25, 0.3) is 0 Å². The van der Waals surface area contributed by atoms with Gasteiger partial charge in [-0.05, 0) is 39.4 Å². The maximum atomic E-state index is 4.60. The number of aryl methyl sites for hydroxylation is 1. The van der Waals surface area contributed by atoms with Crippen molar-refractivity contribution in [3.8, 4) is 0 Å². The van der Waals surface area contributed by atoms with E-state index >= 15 is 0 Å². The molecule has 1 aromatic heterocycles. The van der Waals surface area contributed by atoms with Gasteiger partial charge < -0.3 is 10.6 Å². The summed E-state index contributed by atoms with van der Waals surface area (Å²) < 4.78 is 0. The van der Waals surface area contributed by atoms with Crippen LogP contribution in [0.15, 0.2) is 0 Å². The highest BCUT2D eigenvalue weighted by atomic mass is 32.2. The second-order valence-corrected chi connectivity index (χ2v) is 6.82. The second kappa shape index (κ2) is 7.16. The van der Waals surface area contributed by atoms with E-state index in [1.165, 1.54) is 25.0 Å². The number of nitrogens with zero attached hydrogens (tertiary/aromatic N) is 2. The van der Waals surface area contributed by atoms with Crippen LogP contribution in [0.25, 0.3) is 0 Å². The molecule has 2 atom stereocenters. The van der Waals surface area contributed by atoms with E-state index in [1.54, 1.807) is 0 Å². The monoisotopic (exact) mass is 294 g/mol. The van der Waals surface area contributed by atoms with E-state index in [0.29, 0.717) is 6.04 Å². The lowest BCUT2D eigenvalue weighted by Crippen LogP contribution is -2.27. The van der Waals surface area contributed by atoms with Crippen LogP contribution >= 0.6 is 11.8 Å². The molecule has 0 aliphatic heterocycles. The molecule has 1 aliphatic carbocycles. The third kappa shape index (κ3) is 3.57. The van der Waals surface area contributed by atoms with Gasteiger partial charge in [-0.25, -0.2) is 9.97 Å². The largest absolute Gasteiger partial charge is 0.370 e. The van der Waals surface area contributed by atoms with E-state index < -0.39 is 0 Å². The normalized spacial score (nSPS) is 22.0. The fourth-order valence-electron chi connectivity index (χ4n) is 2.79. The van der Waals surface area contributed by atoms with Gasteiger partial charge >= 0.3 is 0 Å². The smallest absolute Gasteiger partial charge is 0.135 e. The Balaban J connectivity index is 2.16. The first kappa shape index (κ1) is 15.4. The number of anilines is 2. The van der Waals surface area contributed by atoms with E-state index in [1.807, 2.05) is 6.92 Å². The average molecular weight is 294 g/mol. The Labute approximate surface area is 126 Å². The SMILES string of the molecule is CCNc1nc(C)nc(NC2CCCC2SCC)c1C. The Hall–Kier alpha value is -0.970. The van der Waals surface area contributed by atoms with Gasteiger partial charge in [0.1, 0.15) is 17.5 Å². The highest BCUT2D eigenvalue weighted by Crippen LogP contribution is 2.33. The van der Waals surface area contributed by atoms with Crippen LogP contribution in [0.4, 0.5) is 11.6 Å². The van der Waals surface area contributed by atoms with Crippen LogP contribution in [-0.2, 0) is 0 Å². The lowest BCUT2D eigenvalue weighted by molar-refractivity contribution is 0.758. The molecule has 1 aliphatic rings. The molecule has 112 valence electrons. The van der Waals surface area contributed by atoms with Gasteiger partial charge in [0.2, 0.25) is 0 Å². The quantitative estimate of drug-likeness (QED) is 0.839. The van der Waals surface area contributed by atoms with Crippen molar-refractivity contribution >= 4 is 23.4 Å². The van der Waals surface area contributed by atoms with Crippen LogP contribution in [0.2, 0.25) is 0 Å². The van der Waals surface area contributed by atoms with Gasteiger partial charge in [-0.2, -0.15) is 11.8 Å². The Morgan fingerprint density at radius 1 is 1.15 bits per heavy atom. The molecule has 0 aromatic carbocycles. The topological polar surface area (TPSA) is 49.8 Å². The molecule has 1 saturated carbocycles. The Bertz CT molecular complexity index is 450. The van der Waals surface area contributed by atoms with Gasteiger partial charge in [0, 0.05) is 23.4 Å². The lowest BCUT2D eigenvalue weighted by atomic mass is 10.2. The van der Waals surface area contributed by atoms with Crippen LogP contribution in [-0.4, -0.2) is 33.6 Å². The Morgan fingerprint density at radius 3 is 2.60 bits per heavy atom. The molecule has 0 radical (unpaired) electrons. The molecule has 20 heavy (non-hydrogen) atoms. The number of hydrogen-bond donors (Lipinski definition) is 2. The lowest BCUT2D eigenvalue weighted by Gasteiger charge is -2.22. The standard InChI is InChI=1S/C15H26N4S/c1-5-16-14-10(3)15(18-11(4)17-14)19-12-8-7-9-13(12)20-6-2/h12-13H,5-9H2,1-4H3,(H2,16,17,18,19). The molecular formula is C15H26N4S. The molecule has 1 aromatic rings. The average Bonchev–Trinajstić information content (AvgIpc) is 2.83. The zero-order valence-electron chi connectivity index (χ0n) is 13.0. The van der Waals surface area contributed by atoms with Crippen molar-refractivity contribution in [2.24, 2.45) is 0 Å². The summed E-state index contributed by atoms with van der Waals surface area (Å²) in [5, 5.41) is 7.71. The predicted octanol–water partition coefficient (Wildman–Crippen LogP) is 3.61. The maximum Gasteiger partial charge on any atom is 0.135 e. The summed E-state index contributed by atoms with van der Waals surface area (Å²) in [6.07, 6.45) is 3.88. The number of thioether (sulfide) groups is 1. The second-order valence-electron chi connectivity index (χ2n) is 5.30. The van der Waals surface area contributed by atoms with E-state index in [2.05, 4.69) is 53.1 Å². The van der Waals surface area contributed by atoms with Crippen molar-refractivity contribution in [1.82, 2.24) is 9.97 Å². The summed E-state index contributed by atoms with van der Waals surface area (Å²) in [5.74, 6) is 3.97. The zero-order valence-corrected chi connectivity index (χ0v) is 13.8. The minimum atomic E-state index is 0.544. The van der Waals surface area contributed by atoms with Crippen molar-refractivity contribution in [2.45, 2.75) is 58.2 Å². The first-order chi connectivity index (χ1) is 9.65. The minimum Gasteiger partial charge on any atom is -0.370 e. The molecular weight excluding hydrogens is 268 g/mol. The minimum absolute atomic E-state index is 0.544. The van der Waals surface area contributed by atoms with Gasteiger partial charge in [0.15, 0.2) is 0 Å². The molecule has 0 spiro atoms. The van der Waals surface area contributed by atoms with Gasteiger partial charge in [-0.1, -0.05) is 13.3 Å². The molecule has 0 saturated heterocycles. The third-order valence-electron chi connectivity index (χ3n) is 3.76. The van der Waals surface area contributed by atoms with Gasteiger partial charge in [0.05, 0.1) is 0 Å².